The number of hydrogen-bond donors (Lipinski definition) is 1. The Bertz CT molecular complexity index is 1080. The summed E-state index contributed by atoms with van der Waals surface area (Å²) in [7, 11) is 0. The molecule has 1 aliphatic heterocycles. The topological polar surface area (TPSA) is 66.8 Å². The highest BCUT2D eigenvalue weighted by atomic mass is 16.2. The van der Waals surface area contributed by atoms with Gasteiger partial charge in [-0.15, -0.1) is 0 Å². The van der Waals surface area contributed by atoms with Crippen LogP contribution in [0.3, 0.4) is 0 Å². The molecule has 140 valence electrons. The first-order valence-corrected chi connectivity index (χ1v) is 9.61. The molecule has 6 nitrogen and oxygen atoms in total. The van der Waals surface area contributed by atoms with Gasteiger partial charge >= 0.3 is 0 Å². The van der Waals surface area contributed by atoms with Crippen molar-refractivity contribution in [1.29, 1.82) is 0 Å². The summed E-state index contributed by atoms with van der Waals surface area (Å²) in [6, 6.07) is 17.9. The third kappa shape index (κ3) is 3.07. The molecule has 0 aliphatic carbocycles. The largest absolute Gasteiger partial charge is 0.340 e. The second-order valence-corrected chi connectivity index (χ2v) is 7.19. The second kappa shape index (κ2) is 6.96. The number of imidazole rings is 1. The number of para-hydroxylation sites is 3. The Labute approximate surface area is 162 Å². The lowest BCUT2D eigenvalue weighted by atomic mass is 10.2. The standard InChI is InChI=1S/C22H21N5O/c28-21(13-16-14-23-27(15-16)17-7-2-1-3-8-17)26-12-6-11-20(26)22-24-18-9-4-5-10-19(18)25-22/h1-5,7-10,14-15,20H,6,11-13H2,(H,24,25). The summed E-state index contributed by atoms with van der Waals surface area (Å²) in [4.78, 5) is 23.1. The predicted octanol–water partition coefficient (Wildman–Crippen LogP) is 3.65. The zero-order chi connectivity index (χ0) is 18.9. The van der Waals surface area contributed by atoms with Crippen LogP contribution in [-0.2, 0) is 11.2 Å². The number of aromatic nitrogens is 4. The van der Waals surface area contributed by atoms with E-state index in [1.54, 1.807) is 6.20 Å². The lowest BCUT2D eigenvalue weighted by Gasteiger charge is -2.23. The fourth-order valence-corrected chi connectivity index (χ4v) is 3.93. The van der Waals surface area contributed by atoms with Gasteiger partial charge in [-0.3, -0.25) is 4.79 Å². The number of aromatic amines is 1. The van der Waals surface area contributed by atoms with E-state index >= 15 is 0 Å². The van der Waals surface area contributed by atoms with Crippen LogP contribution in [-0.4, -0.2) is 37.1 Å². The summed E-state index contributed by atoms with van der Waals surface area (Å²) in [6.07, 6.45) is 5.99. The zero-order valence-corrected chi connectivity index (χ0v) is 15.5. The Hall–Kier alpha value is -3.41. The molecule has 0 saturated carbocycles. The van der Waals surface area contributed by atoms with E-state index in [0.717, 1.165) is 47.5 Å². The third-order valence-corrected chi connectivity index (χ3v) is 5.31. The Morgan fingerprint density at radius 3 is 2.79 bits per heavy atom. The molecule has 1 unspecified atom stereocenters. The molecular formula is C22H21N5O. The minimum atomic E-state index is 0.0177. The maximum absolute atomic E-state index is 13.0. The molecule has 0 spiro atoms. The Morgan fingerprint density at radius 1 is 1.11 bits per heavy atom. The number of fused-ring (bicyclic) bond motifs is 1. The van der Waals surface area contributed by atoms with Gasteiger partial charge in [-0.2, -0.15) is 5.10 Å². The van der Waals surface area contributed by atoms with E-state index in [-0.39, 0.29) is 11.9 Å². The number of benzene rings is 2. The van der Waals surface area contributed by atoms with Crippen molar-refractivity contribution in [2.24, 2.45) is 0 Å². The van der Waals surface area contributed by atoms with Crippen LogP contribution in [0.1, 0.15) is 30.3 Å². The number of nitrogens with zero attached hydrogens (tertiary/aromatic N) is 4. The van der Waals surface area contributed by atoms with Crippen molar-refractivity contribution in [3.05, 3.63) is 78.4 Å². The van der Waals surface area contributed by atoms with E-state index in [2.05, 4.69) is 10.1 Å². The molecule has 6 heteroatoms. The molecule has 1 amide bonds. The smallest absolute Gasteiger partial charge is 0.227 e. The first kappa shape index (κ1) is 16.7. The molecule has 0 bridgehead atoms. The van der Waals surface area contributed by atoms with E-state index in [1.165, 1.54) is 0 Å². The van der Waals surface area contributed by atoms with Crippen molar-refractivity contribution < 1.29 is 4.79 Å². The minimum absolute atomic E-state index is 0.0177. The SMILES string of the molecule is O=C(Cc1cnn(-c2ccccc2)c1)N1CCCC1c1nc2ccccc2[nH]1. The number of amides is 1. The first-order valence-electron chi connectivity index (χ1n) is 9.61. The minimum Gasteiger partial charge on any atom is -0.340 e. The summed E-state index contributed by atoms with van der Waals surface area (Å²) in [5.41, 5.74) is 3.87. The van der Waals surface area contributed by atoms with E-state index in [1.807, 2.05) is 70.4 Å². The molecule has 5 rings (SSSR count). The van der Waals surface area contributed by atoms with Crippen LogP contribution in [0.4, 0.5) is 0 Å². The number of hydrogen-bond acceptors (Lipinski definition) is 3. The molecule has 1 fully saturated rings. The molecule has 2 aromatic heterocycles. The second-order valence-electron chi connectivity index (χ2n) is 7.19. The average molecular weight is 371 g/mol. The van der Waals surface area contributed by atoms with Crippen molar-refractivity contribution in [1.82, 2.24) is 24.6 Å². The van der Waals surface area contributed by atoms with Crippen LogP contribution < -0.4 is 0 Å². The molecule has 28 heavy (non-hydrogen) atoms. The summed E-state index contributed by atoms with van der Waals surface area (Å²) in [5.74, 6) is 1.00. The normalized spacial score (nSPS) is 16.7. The number of carbonyl (C=O) groups is 1. The molecule has 1 atom stereocenters. The van der Waals surface area contributed by atoms with Gasteiger partial charge in [0.05, 0.1) is 35.4 Å². The lowest BCUT2D eigenvalue weighted by Crippen LogP contribution is -2.32. The van der Waals surface area contributed by atoms with Gasteiger partial charge < -0.3 is 9.88 Å². The van der Waals surface area contributed by atoms with Gasteiger partial charge in [-0.25, -0.2) is 9.67 Å². The van der Waals surface area contributed by atoms with E-state index in [9.17, 15) is 4.79 Å². The maximum atomic E-state index is 13.0. The van der Waals surface area contributed by atoms with Gasteiger partial charge in [-0.1, -0.05) is 30.3 Å². The number of nitrogens with one attached hydrogen (secondary N) is 1. The van der Waals surface area contributed by atoms with Crippen LogP contribution in [0.25, 0.3) is 16.7 Å². The van der Waals surface area contributed by atoms with E-state index in [0.29, 0.717) is 6.42 Å². The molecular weight excluding hydrogens is 350 g/mol. The third-order valence-electron chi connectivity index (χ3n) is 5.31. The van der Waals surface area contributed by atoms with Crippen molar-refractivity contribution in [2.75, 3.05) is 6.54 Å². The summed E-state index contributed by atoms with van der Waals surface area (Å²) in [5, 5.41) is 4.40. The molecule has 3 heterocycles. The van der Waals surface area contributed by atoms with Crippen LogP contribution in [0.15, 0.2) is 67.0 Å². The summed E-state index contributed by atoms with van der Waals surface area (Å²) in [6.45, 7) is 0.771. The summed E-state index contributed by atoms with van der Waals surface area (Å²) >= 11 is 0. The van der Waals surface area contributed by atoms with Gasteiger partial charge in [0.25, 0.3) is 0 Å². The fraction of sp³-hybridized carbons (Fsp3) is 0.227. The zero-order valence-electron chi connectivity index (χ0n) is 15.5. The highest BCUT2D eigenvalue weighted by Crippen LogP contribution is 2.32. The average Bonchev–Trinajstić information content (AvgIpc) is 3.47. The lowest BCUT2D eigenvalue weighted by molar-refractivity contribution is -0.131. The van der Waals surface area contributed by atoms with Crippen molar-refractivity contribution in [3.63, 3.8) is 0 Å². The molecule has 1 saturated heterocycles. The molecule has 4 aromatic rings. The van der Waals surface area contributed by atoms with Crippen LogP contribution in [0.5, 0.6) is 0 Å². The molecule has 2 aromatic carbocycles. The van der Waals surface area contributed by atoms with Gasteiger partial charge in [0.2, 0.25) is 5.91 Å². The Balaban J connectivity index is 1.34. The van der Waals surface area contributed by atoms with Gasteiger partial charge in [0.1, 0.15) is 5.82 Å². The van der Waals surface area contributed by atoms with Crippen molar-refractivity contribution in [2.45, 2.75) is 25.3 Å². The number of likely N-dealkylation sites (tertiary alicyclic amines) is 1. The predicted molar refractivity (Wildman–Crippen MR) is 107 cm³/mol. The maximum Gasteiger partial charge on any atom is 0.227 e. The van der Waals surface area contributed by atoms with Gasteiger partial charge in [0.15, 0.2) is 0 Å². The highest BCUT2D eigenvalue weighted by molar-refractivity contribution is 5.80. The van der Waals surface area contributed by atoms with Crippen LogP contribution in [0.2, 0.25) is 0 Å². The highest BCUT2D eigenvalue weighted by Gasteiger charge is 2.32. The quantitative estimate of drug-likeness (QED) is 0.595. The van der Waals surface area contributed by atoms with Gasteiger partial charge in [0, 0.05) is 12.7 Å². The Kier molecular flexibility index (Phi) is 4.16. The van der Waals surface area contributed by atoms with Crippen molar-refractivity contribution >= 4 is 16.9 Å². The van der Waals surface area contributed by atoms with Crippen molar-refractivity contribution in [3.8, 4) is 5.69 Å². The monoisotopic (exact) mass is 371 g/mol. The van der Waals surface area contributed by atoms with Crippen LogP contribution >= 0.6 is 0 Å². The number of carbonyl (C=O) groups excluding carboxylic acids is 1. The van der Waals surface area contributed by atoms with E-state index in [4.69, 9.17) is 4.98 Å². The molecule has 1 aliphatic rings. The van der Waals surface area contributed by atoms with Gasteiger partial charge in [-0.05, 0) is 42.7 Å². The number of H-pyrrole nitrogens is 1. The van der Waals surface area contributed by atoms with Crippen LogP contribution in [0, 0.1) is 0 Å². The fourth-order valence-electron chi connectivity index (χ4n) is 3.93. The summed E-state index contributed by atoms with van der Waals surface area (Å²) < 4.78 is 1.81. The Morgan fingerprint density at radius 2 is 1.93 bits per heavy atom. The molecule has 0 radical (unpaired) electrons. The number of rotatable bonds is 4. The molecule has 1 N–H and O–H groups in total. The first-order chi connectivity index (χ1) is 13.8. The van der Waals surface area contributed by atoms with E-state index < -0.39 is 0 Å².